The number of likely N-dealkylation sites (tertiary alicyclic amines) is 1. The number of hydrogen-bond donors (Lipinski definition) is 0. The van der Waals surface area contributed by atoms with Gasteiger partial charge < -0.3 is 14.4 Å². The van der Waals surface area contributed by atoms with E-state index in [4.69, 9.17) is 14.6 Å². The molecule has 1 aliphatic rings. The van der Waals surface area contributed by atoms with Crippen LogP contribution in [0, 0.1) is 13.8 Å². The van der Waals surface area contributed by atoms with Gasteiger partial charge in [0.2, 0.25) is 0 Å². The van der Waals surface area contributed by atoms with Crippen LogP contribution >= 0.6 is 0 Å². The van der Waals surface area contributed by atoms with Gasteiger partial charge in [-0.3, -0.25) is 0 Å². The van der Waals surface area contributed by atoms with E-state index in [2.05, 4.69) is 42.8 Å². The molecule has 0 aliphatic carbocycles. The van der Waals surface area contributed by atoms with Crippen LogP contribution in [0.4, 0.5) is 4.79 Å². The fraction of sp³-hybridized carbons (Fsp3) is 0.429. The Balaban J connectivity index is 1.65. The van der Waals surface area contributed by atoms with E-state index in [0.29, 0.717) is 19.0 Å². The van der Waals surface area contributed by atoms with Crippen molar-refractivity contribution in [3.8, 4) is 22.7 Å². The summed E-state index contributed by atoms with van der Waals surface area (Å²) in [5.41, 5.74) is 6.29. The van der Waals surface area contributed by atoms with Crippen molar-refractivity contribution in [2.75, 3.05) is 20.2 Å². The monoisotopic (exact) mass is 461 g/mol. The van der Waals surface area contributed by atoms with Crippen molar-refractivity contribution in [1.82, 2.24) is 14.7 Å². The van der Waals surface area contributed by atoms with Gasteiger partial charge in [0.05, 0.1) is 24.2 Å². The van der Waals surface area contributed by atoms with Gasteiger partial charge in [-0.05, 0) is 77.3 Å². The number of ether oxygens (including phenoxy) is 2. The second-order valence-electron chi connectivity index (χ2n) is 10.1. The molecule has 6 nitrogen and oxygen atoms in total. The van der Waals surface area contributed by atoms with Gasteiger partial charge in [0.15, 0.2) is 0 Å². The first-order chi connectivity index (χ1) is 16.2. The third-order valence-corrected chi connectivity index (χ3v) is 6.33. The van der Waals surface area contributed by atoms with Crippen molar-refractivity contribution in [2.24, 2.45) is 0 Å². The SMILES string of the molecule is COc1ccc(-n2nc(C3CCN(C(=O)OC(C)(C)C)CC3)c(C)c2-c2ccc(C)cc2)cc1. The lowest BCUT2D eigenvalue weighted by molar-refractivity contribution is 0.0204. The Hall–Kier alpha value is -3.28. The molecule has 0 radical (unpaired) electrons. The summed E-state index contributed by atoms with van der Waals surface area (Å²) in [6.07, 6.45) is 1.51. The topological polar surface area (TPSA) is 56.6 Å². The average molecular weight is 462 g/mol. The summed E-state index contributed by atoms with van der Waals surface area (Å²) in [6, 6.07) is 16.6. The van der Waals surface area contributed by atoms with Gasteiger partial charge >= 0.3 is 6.09 Å². The molecule has 1 aromatic heterocycles. The fourth-order valence-corrected chi connectivity index (χ4v) is 4.52. The van der Waals surface area contributed by atoms with Gasteiger partial charge in [0.25, 0.3) is 0 Å². The van der Waals surface area contributed by atoms with Crippen molar-refractivity contribution in [3.05, 3.63) is 65.4 Å². The molecule has 1 fully saturated rings. The van der Waals surface area contributed by atoms with Crippen molar-refractivity contribution >= 4 is 6.09 Å². The maximum atomic E-state index is 12.5. The third kappa shape index (κ3) is 5.11. The molecule has 1 saturated heterocycles. The van der Waals surface area contributed by atoms with Crippen molar-refractivity contribution in [2.45, 2.75) is 59.0 Å². The van der Waals surface area contributed by atoms with Gasteiger partial charge in [0.1, 0.15) is 11.4 Å². The Bertz CT molecular complexity index is 1130. The standard InChI is InChI=1S/C28H35N3O3/c1-19-7-9-22(10-8-19)26-20(2)25(29-31(26)23-11-13-24(33-6)14-12-23)21-15-17-30(18-16-21)27(32)34-28(3,4)5/h7-14,21H,15-18H2,1-6H3. The highest BCUT2D eigenvalue weighted by Gasteiger charge is 2.30. The average Bonchev–Trinajstić information content (AvgIpc) is 3.15. The highest BCUT2D eigenvalue weighted by molar-refractivity contribution is 5.69. The third-order valence-electron chi connectivity index (χ3n) is 6.33. The van der Waals surface area contributed by atoms with Gasteiger partial charge in [0, 0.05) is 24.6 Å². The number of aromatic nitrogens is 2. The Labute approximate surface area is 202 Å². The molecule has 180 valence electrons. The molecule has 2 heterocycles. The zero-order chi connectivity index (χ0) is 24.5. The smallest absolute Gasteiger partial charge is 0.410 e. The van der Waals surface area contributed by atoms with Gasteiger partial charge in [-0.15, -0.1) is 0 Å². The number of aryl methyl sites for hydroxylation is 1. The zero-order valence-corrected chi connectivity index (χ0v) is 21.1. The van der Waals surface area contributed by atoms with Crippen LogP contribution in [-0.2, 0) is 4.74 Å². The van der Waals surface area contributed by atoms with E-state index in [1.165, 1.54) is 11.1 Å². The zero-order valence-electron chi connectivity index (χ0n) is 21.1. The number of carbonyl (C=O) groups excluding carboxylic acids is 1. The predicted octanol–water partition coefficient (Wildman–Crippen LogP) is 6.28. The minimum atomic E-state index is -0.482. The number of carbonyl (C=O) groups is 1. The molecule has 0 atom stereocenters. The Morgan fingerprint density at radius 2 is 1.59 bits per heavy atom. The maximum absolute atomic E-state index is 12.5. The number of rotatable bonds is 4. The van der Waals surface area contributed by atoms with Crippen LogP contribution in [-0.4, -0.2) is 46.6 Å². The summed E-state index contributed by atoms with van der Waals surface area (Å²) >= 11 is 0. The molecule has 1 aliphatic heterocycles. The first-order valence-corrected chi connectivity index (χ1v) is 11.9. The minimum absolute atomic E-state index is 0.230. The minimum Gasteiger partial charge on any atom is -0.497 e. The second-order valence-corrected chi connectivity index (χ2v) is 10.1. The molecule has 0 saturated carbocycles. The molecule has 4 rings (SSSR count). The van der Waals surface area contributed by atoms with Crippen molar-refractivity contribution in [3.63, 3.8) is 0 Å². The van der Waals surface area contributed by atoms with Gasteiger partial charge in [-0.2, -0.15) is 5.10 Å². The summed E-state index contributed by atoms with van der Waals surface area (Å²) < 4.78 is 13.0. The Morgan fingerprint density at radius 3 is 2.15 bits per heavy atom. The van der Waals surface area contributed by atoms with E-state index in [0.717, 1.165) is 41.2 Å². The number of nitrogens with zero attached hydrogens (tertiary/aromatic N) is 3. The largest absolute Gasteiger partial charge is 0.497 e. The summed E-state index contributed by atoms with van der Waals surface area (Å²) in [6.45, 7) is 11.3. The predicted molar refractivity (Wildman–Crippen MR) is 135 cm³/mol. The number of amides is 1. The molecule has 0 spiro atoms. The van der Waals surface area contributed by atoms with E-state index < -0.39 is 5.60 Å². The summed E-state index contributed by atoms with van der Waals surface area (Å²) in [5.74, 6) is 1.11. The highest BCUT2D eigenvalue weighted by Crippen LogP contribution is 2.36. The quantitative estimate of drug-likeness (QED) is 0.459. The molecule has 0 N–H and O–H groups in total. The maximum Gasteiger partial charge on any atom is 0.410 e. The fourth-order valence-electron chi connectivity index (χ4n) is 4.52. The second kappa shape index (κ2) is 9.53. The van der Waals surface area contributed by atoms with Crippen LogP contribution in [0.25, 0.3) is 16.9 Å². The molecule has 0 unspecified atom stereocenters. The van der Waals surface area contributed by atoms with Crippen LogP contribution in [0.15, 0.2) is 48.5 Å². The highest BCUT2D eigenvalue weighted by atomic mass is 16.6. The Kier molecular flexibility index (Phi) is 6.69. The molecule has 6 heteroatoms. The van der Waals surface area contributed by atoms with Crippen LogP contribution in [0.2, 0.25) is 0 Å². The van der Waals surface area contributed by atoms with Gasteiger partial charge in [-0.1, -0.05) is 29.8 Å². The van der Waals surface area contributed by atoms with E-state index in [-0.39, 0.29) is 6.09 Å². The number of piperidine rings is 1. The van der Waals surface area contributed by atoms with E-state index in [1.807, 2.05) is 49.9 Å². The van der Waals surface area contributed by atoms with Gasteiger partial charge in [-0.25, -0.2) is 9.48 Å². The van der Waals surface area contributed by atoms with E-state index in [1.54, 1.807) is 7.11 Å². The van der Waals surface area contributed by atoms with Crippen LogP contribution < -0.4 is 4.74 Å². The van der Waals surface area contributed by atoms with Crippen molar-refractivity contribution in [1.29, 1.82) is 0 Å². The van der Waals surface area contributed by atoms with Crippen molar-refractivity contribution < 1.29 is 14.3 Å². The Morgan fingerprint density at radius 1 is 0.971 bits per heavy atom. The molecule has 2 aromatic carbocycles. The summed E-state index contributed by atoms with van der Waals surface area (Å²) in [7, 11) is 1.67. The van der Waals surface area contributed by atoms with Crippen LogP contribution in [0.5, 0.6) is 5.75 Å². The number of hydrogen-bond acceptors (Lipinski definition) is 4. The lowest BCUT2D eigenvalue weighted by Crippen LogP contribution is -2.41. The molecular weight excluding hydrogens is 426 g/mol. The molecule has 1 amide bonds. The van der Waals surface area contributed by atoms with Crippen LogP contribution in [0.1, 0.15) is 56.4 Å². The first-order valence-electron chi connectivity index (χ1n) is 11.9. The molecule has 34 heavy (non-hydrogen) atoms. The van der Waals surface area contributed by atoms with E-state index >= 15 is 0 Å². The summed E-state index contributed by atoms with van der Waals surface area (Å²) in [5, 5.41) is 5.13. The van der Waals surface area contributed by atoms with E-state index in [9.17, 15) is 4.79 Å². The summed E-state index contributed by atoms with van der Waals surface area (Å²) in [4.78, 5) is 14.3. The number of methoxy groups -OCH3 is 1. The van der Waals surface area contributed by atoms with Crippen LogP contribution in [0.3, 0.4) is 0 Å². The molecule has 0 bridgehead atoms. The normalized spacial score (nSPS) is 14.8. The first kappa shape index (κ1) is 23.9. The number of benzene rings is 2. The molecule has 3 aromatic rings. The lowest BCUT2D eigenvalue weighted by Gasteiger charge is -2.33. The lowest BCUT2D eigenvalue weighted by atomic mass is 9.90. The molecular formula is C28H35N3O3.